The Morgan fingerprint density at radius 3 is 2.14 bits per heavy atom. The first-order chi connectivity index (χ1) is 20.2. The summed E-state index contributed by atoms with van der Waals surface area (Å²) in [7, 11) is -4.17. The molecule has 0 aliphatic carbocycles. The van der Waals surface area contributed by atoms with Crippen molar-refractivity contribution in [3.8, 4) is 5.88 Å². The summed E-state index contributed by atoms with van der Waals surface area (Å²) < 4.78 is 44.0. The van der Waals surface area contributed by atoms with Gasteiger partial charge in [-0.15, -0.1) is 0 Å². The van der Waals surface area contributed by atoms with Crippen LogP contribution >= 0.6 is 7.67 Å². The van der Waals surface area contributed by atoms with Crippen LogP contribution in [0.3, 0.4) is 0 Å². The molecule has 248 valence electrons. The Morgan fingerprint density at radius 1 is 1.09 bits per heavy atom. The van der Waals surface area contributed by atoms with Crippen LogP contribution in [-0.2, 0) is 32.9 Å². The van der Waals surface area contributed by atoms with Crippen molar-refractivity contribution in [1.82, 2.24) is 29.7 Å². The summed E-state index contributed by atoms with van der Waals surface area (Å²) in [4.78, 5) is 38.1. The first-order valence-electron chi connectivity index (χ1n) is 14.5. The van der Waals surface area contributed by atoms with Crippen molar-refractivity contribution < 1.29 is 42.7 Å². The first kappa shape index (κ1) is 35.6. The number of hydrogen-bond acceptors (Lipinski definition) is 13. The van der Waals surface area contributed by atoms with Gasteiger partial charge in [-0.3, -0.25) is 18.7 Å². The largest absolute Gasteiger partial charge is 0.476 e. The zero-order valence-electron chi connectivity index (χ0n) is 27.0. The molecule has 2 aromatic heterocycles. The molecule has 0 saturated carbocycles. The van der Waals surface area contributed by atoms with Crippen molar-refractivity contribution in [2.75, 3.05) is 18.9 Å². The first-order valence-corrected chi connectivity index (χ1v) is 16.1. The summed E-state index contributed by atoms with van der Waals surface area (Å²) in [5.41, 5.74) is 5.02. The van der Waals surface area contributed by atoms with E-state index in [1.54, 1.807) is 60.0 Å². The van der Waals surface area contributed by atoms with Crippen LogP contribution in [0.1, 0.15) is 75.5 Å². The number of nitrogens with zero attached hydrogens (tertiary/aromatic N) is 4. The summed E-state index contributed by atoms with van der Waals surface area (Å²) in [6, 6.07) is -2.19. The molecular weight excluding hydrogens is 597 g/mol. The van der Waals surface area contributed by atoms with Gasteiger partial charge in [0.1, 0.15) is 35.6 Å². The Labute approximate surface area is 257 Å². The van der Waals surface area contributed by atoms with Crippen molar-refractivity contribution in [1.29, 1.82) is 0 Å². The summed E-state index contributed by atoms with van der Waals surface area (Å²) in [6.45, 7) is 16.7. The SMILES string of the molecule is CCOc1nc(N)nc2c1ncn2[C@@H]1O[C@H](COP(=O)(N[C@@H](C)C(=O)OC(C)(C)C)N[C@H](C)C(=O)OC(C)(C)C)[C@@H](O)[C@@H]1C. The topological polar surface area (TPSA) is 211 Å². The van der Waals surface area contributed by atoms with Gasteiger partial charge in [0.25, 0.3) is 0 Å². The molecule has 0 aromatic carbocycles. The number of aliphatic hydroxyl groups is 1. The van der Waals surface area contributed by atoms with E-state index in [1.165, 1.54) is 20.2 Å². The second kappa shape index (κ2) is 13.6. The quantitative estimate of drug-likeness (QED) is 0.193. The molecule has 0 spiro atoms. The normalized spacial score (nSPS) is 23.6. The molecule has 1 aliphatic heterocycles. The molecule has 1 fully saturated rings. The van der Waals surface area contributed by atoms with Crippen LogP contribution in [0, 0.1) is 5.92 Å². The predicted molar refractivity (Wildman–Crippen MR) is 160 cm³/mol. The molecule has 1 aliphatic rings. The molecule has 16 nitrogen and oxygen atoms in total. The maximum absolute atomic E-state index is 14.1. The highest BCUT2D eigenvalue weighted by Crippen LogP contribution is 2.43. The number of fused-ring (bicyclic) bond motifs is 1. The Balaban J connectivity index is 1.82. The fourth-order valence-corrected chi connectivity index (χ4v) is 6.17. The van der Waals surface area contributed by atoms with Crippen LogP contribution in [0.4, 0.5) is 5.95 Å². The van der Waals surface area contributed by atoms with Crippen molar-refractivity contribution in [2.24, 2.45) is 5.92 Å². The molecule has 0 bridgehead atoms. The lowest BCUT2D eigenvalue weighted by Crippen LogP contribution is -2.45. The average molecular weight is 644 g/mol. The molecule has 17 heteroatoms. The molecular formula is C27H46N7O9P. The summed E-state index contributed by atoms with van der Waals surface area (Å²) in [5.74, 6) is -1.66. The molecule has 1 unspecified atom stereocenters. The van der Waals surface area contributed by atoms with E-state index in [0.717, 1.165) is 0 Å². The Bertz CT molecular complexity index is 1330. The number of nitrogen functional groups attached to an aromatic ring is 1. The highest BCUT2D eigenvalue weighted by atomic mass is 31.2. The summed E-state index contributed by atoms with van der Waals surface area (Å²) >= 11 is 0. The molecule has 1 saturated heterocycles. The zero-order chi connectivity index (χ0) is 33.2. The van der Waals surface area contributed by atoms with Crippen LogP contribution in [0.5, 0.6) is 5.88 Å². The van der Waals surface area contributed by atoms with Crippen LogP contribution < -0.4 is 20.6 Å². The van der Waals surface area contributed by atoms with Gasteiger partial charge in [0.05, 0.1) is 25.6 Å². The molecule has 0 radical (unpaired) electrons. The third kappa shape index (κ3) is 9.08. The number of aromatic nitrogens is 4. The lowest BCUT2D eigenvalue weighted by molar-refractivity contribution is -0.157. The maximum Gasteiger partial charge on any atom is 0.342 e. The minimum atomic E-state index is -4.17. The number of esters is 2. The van der Waals surface area contributed by atoms with E-state index < -0.39 is 67.2 Å². The van der Waals surface area contributed by atoms with E-state index >= 15 is 0 Å². The second-order valence-corrected chi connectivity index (χ2v) is 14.6. The monoisotopic (exact) mass is 643 g/mol. The lowest BCUT2D eigenvalue weighted by Gasteiger charge is -2.29. The maximum atomic E-state index is 14.1. The molecule has 3 rings (SSSR count). The van der Waals surface area contributed by atoms with Gasteiger partial charge in [0.2, 0.25) is 11.8 Å². The van der Waals surface area contributed by atoms with E-state index in [4.69, 9.17) is 29.2 Å². The minimum absolute atomic E-state index is 0.0231. The standard InChI is InChI=1S/C27H46N7O9P/c1-11-39-21-18-20(30-25(28)31-21)34(13-29-18)22-14(2)19(35)17(41-22)12-40-44(38,32-15(3)23(36)42-26(5,6)7)33-16(4)24(37)43-27(8,9)10/h13-17,19,22,35H,11-12H2,1-10H3,(H2,28,30,31)(H2,32,33,38)/t14-,15-,16+,17+,19-,22+,44?/m0/s1. The van der Waals surface area contributed by atoms with Gasteiger partial charge < -0.3 is 34.3 Å². The number of ether oxygens (including phenoxy) is 4. The number of rotatable bonds is 12. The molecule has 0 amide bonds. The molecule has 7 atom stereocenters. The van der Waals surface area contributed by atoms with Gasteiger partial charge in [0, 0.05) is 5.92 Å². The smallest absolute Gasteiger partial charge is 0.342 e. The number of carbonyl (C=O) groups excluding carboxylic acids is 2. The highest BCUT2D eigenvalue weighted by Gasteiger charge is 2.44. The number of nitrogens with two attached hydrogens (primary N) is 1. The number of carbonyl (C=O) groups is 2. The van der Waals surface area contributed by atoms with Crippen molar-refractivity contribution in [3.63, 3.8) is 0 Å². The average Bonchev–Trinajstić information content (AvgIpc) is 3.41. The molecule has 5 N–H and O–H groups in total. The van der Waals surface area contributed by atoms with Crippen LogP contribution in [0.15, 0.2) is 6.33 Å². The number of aliphatic hydroxyl groups excluding tert-OH is 1. The minimum Gasteiger partial charge on any atom is -0.476 e. The number of anilines is 1. The summed E-state index contributed by atoms with van der Waals surface area (Å²) in [5, 5.41) is 16.4. The van der Waals surface area contributed by atoms with E-state index in [-0.39, 0.29) is 18.4 Å². The lowest BCUT2D eigenvalue weighted by atomic mass is 10.0. The van der Waals surface area contributed by atoms with Crippen molar-refractivity contribution in [3.05, 3.63) is 6.33 Å². The predicted octanol–water partition coefficient (Wildman–Crippen LogP) is 2.47. The van der Waals surface area contributed by atoms with Gasteiger partial charge in [-0.05, 0) is 62.3 Å². The second-order valence-electron chi connectivity index (χ2n) is 12.7. The number of nitrogens with one attached hydrogen (secondary N) is 2. The van der Waals surface area contributed by atoms with E-state index in [9.17, 15) is 19.3 Å². The molecule has 3 heterocycles. The highest BCUT2D eigenvalue weighted by molar-refractivity contribution is 7.54. The van der Waals surface area contributed by atoms with Crippen LogP contribution in [0.25, 0.3) is 11.2 Å². The zero-order valence-corrected chi connectivity index (χ0v) is 27.9. The van der Waals surface area contributed by atoms with Crippen molar-refractivity contribution in [2.45, 2.75) is 111 Å². The third-order valence-corrected chi connectivity index (χ3v) is 8.28. The van der Waals surface area contributed by atoms with Crippen LogP contribution in [0.2, 0.25) is 0 Å². The van der Waals surface area contributed by atoms with Crippen molar-refractivity contribution >= 4 is 36.7 Å². The van der Waals surface area contributed by atoms with Crippen LogP contribution in [-0.4, -0.2) is 85.3 Å². The van der Waals surface area contributed by atoms with E-state index in [2.05, 4.69) is 25.1 Å². The summed E-state index contributed by atoms with van der Waals surface area (Å²) in [6.07, 6.45) is -1.31. The Hall–Kier alpha value is -2.88. The molecule has 2 aromatic rings. The van der Waals surface area contributed by atoms with Gasteiger partial charge in [-0.25, -0.2) is 15.2 Å². The van der Waals surface area contributed by atoms with Gasteiger partial charge in [-0.2, -0.15) is 9.97 Å². The molecule has 44 heavy (non-hydrogen) atoms. The Morgan fingerprint density at radius 2 is 1.64 bits per heavy atom. The fourth-order valence-electron chi connectivity index (χ4n) is 4.36. The van der Waals surface area contributed by atoms with Gasteiger partial charge in [0.15, 0.2) is 11.2 Å². The van der Waals surface area contributed by atoms with E-state index in [1.807, 2.05) is 0 Å². The number of imidazole rings is 1. The Kier molecular flexibility index (Phi) is 11.0. The van der Waals surface area contributed by atoms with Gasteiger partial charge in [-0.1, -0.05) is 6.92 Å². The third-order valence-electron chi connectivity index (χ3n) is 6.31. The fraction of sp³-hybridized carbons (Fsp3) is 0.741. The van der Waals surface area contributed by atoms with E-state index in [0.29, 0.717) is 17.8 Å². The number of hydrogen-bond donors (Lipinski definition) is 4. The van der Waals surface area contributed by atoms with Gasteiger partial charge >= 0.3 is 19.6 Å².